The number of carbonyl (C=O) groups excluding carboxylic acids is 2. The molecule has 0 saturated heterocycles. The quantitative estimate of drug-likeness (QED) is 0.0205. The van der Waals surface area contributed by atoms with Gasteiger partial charge in [-0.2, -0.15) is 0 Å². The van der Waals surface area contributed by atoms with Crippen LogP contribution in [-0.2, 0) is 27.9 Å². The Hall–Kier alpha value is -3.33. The standard InChI is InChI=1S/C69H121N2O7P/c1-7-10-13-16-19-22-25-27-29-31-33-34-35-36-38-40-42-44-47-50-53-56-59-62-69(73)78-67(60-57-54-51-48-45-24-21-18-15-12-9-3)66(65-77-79(74,75)76-64-63-71(4,5)6)70-68(72)61-58-55-52-49-46-43-41-39-37-32-30-28-26-23-20-17-14-11-8-2/h10,13,19-20,22-23,27-30,33-34,36,38,42,44,57,60,66-67H,7-9,11-12,14-18,21,24-26,31-32,35,37,39-41,43,45-56,58-59,61-65H2,1-6H3,(H-,70,72,74,75)/p+1/b13-10-,22-19-,23-20-,29-27-,30-28-,34-33-,38-36-,44-42-,60-57+. The first kappa shape index (κ1) is 75.7. The van der Waals surface area contributed by atoms with Crippen molar-refractivity contribution in [1.29, 1.82) is 0 Å². The van der Waals surface area contributed by atoms with Gasteiger partial charge in [0.2, 0.25) is 5.91 Å². The van der Waals surface area contributed by atoms with E-state index in [-0.39, 0.29) is 31.5 Å². The van der Waals surface area contributed by atoms with Gasteiger partial charge in [0.15, 0.2) is 0 Å². The van der Waals surface area contributed by atoms with Crippen molar-refractivity contribution in [3.8, 4) is 0 Å². The fourth-order valence-corrected chi connectivity index (χ4v) is 9.47. The van der Waals surface area contributed by atoms with Crippen LogP contribution in [0, 0.1) is 0 Å². The molecule has 0 aromatic heterocycles. The maximum Gasteiger partial charge on any atom is 0.472 e. The van der Waals surface area contributed by atoms with Crippen LogP contribution in [0.5, 0.6) is 0 Å². The number of nitrogens with one attached hydrogen (secondary N) is 1. The topological polar surface area (TPSA) is 111 Å². The average Bonchev–Trinajstić information content (AvgIpc) is 3.41. The summed E-state index contributed by atoms with van der Waals surface area (Å²) in [5.74, 6) is -0.543. The highest BCUT2D eigenvalue weighted by molar-refractivity contribution is 7.47. The molecule has 454 valence electrons. The number of unbranched alkanes of at least 4 members (excludes halogenated alkanes) is 25. The monoisotopic (exact) mass is 1120 g/mol. The molecule has 1 amide bonds. The molecule has 9 nitrogen and oxygen atoms in total. The minimum Gasteiger partial charge on any atom is -0.456 e. The average molecular weight is 1120 g/mol. The van der Waals surface area contributed by atoms with Crippen LogP contribution in [0.15, 0.2) is 109 Å². The summed E-state index contributed by atoms with van der Waals surface area (Å²) in [7, 11) is 1.46. The van der Waals surface area contributed by atoms with Crippen LogP contribution in [0.1, 0.15) is 265 Å². The van der Waals surface area contributed by atoms with E-state index in [4.69, 9.17) is 13.8 Å². The molecule has 3 atom stereocenters. The largest absolute Gasteiger partial charge is 0.472 e. The Morgan fingerprint density at radius 1 is 0.456 bits per heavy atom. The molecule has 0 spiro atoms. The predicted molar refractivity (Wildman–Crippen MR) is 341 cm³/mol. The van der Waals surface area contributed by atoms with Crippen molar-refractivity contribution in [3.05, 3.63) is 109 Å². The minimum atomic E-state index is -4.46. The number of carbonyl (C=O) groups is 2. The van der Waals surface area contributed by atoms with Crippen LogP contribution in [0.2, 0.25) is 0 Å². The number of hydrogen-bond acceptors (Lipinski definition) is 6. The number of amides is 1. The molecule has 0 radical (unpaired) electrons. The molecule has 79 heavy (non-hydrogen) atoms. The van der Waals surface area contributed by atoms with Gasteiger partial charge in [0.05, 0.1) is 33.8 Å². The van der Waals surface area contributed by atoms with Gasteiger partial charge < -0.3 is 19.4 Å². The minimum absolute atomic E-state index is 0.0297. The van der Waals surface area contributed by atoms with E-state index in [1.54, 1.807) is 0 Å². The molecule has 3 unspecified atom stereocenters. The van der Waals surface area contributed by atoms with Crippen LogP contribution >= 0.6 is 7.82 Å². The van der Waals surface area contributed by atoms with Gasteiger partial charge >= 0.3 is 13.8 Å². The number of quaternary nitrogens is 1. The number of rotatable bonds is 57. The second-order valence-electron chi connectivity index (χ2n) is 22.5. The molecule has 0 bridgehead atoms. The maximum absolute atomic E-state index is 13.6. The molecule has 0 heterocycles. The van der Waals surface area contributed by atoms with Gasteiger partial charge in [0.25, 0.3) is 0 Å². The lowest BCUT2D eigenvalue weighted by Gasteiger charge is -2.27. The van der Waals surface area contributed by atoms with Crippen molar-refractivity contribution in [1.82, 2.24) is 5.32 Å². The smallest absolute Gasteiger partial charge is 0.456 e. The van der Waals surface area contributed by atoms with Crippen molar-refractivity contribution in [2.45, 2.75) is 277 Å². The molecule has 0 rings (SSSR count). The van der Waals surface area contributed by atoms with Crippen LogP contribution in [0.4, 0.5) is 0 Å². The maximum atomic E-state index is 13.6. The van der Waals surface area contributed by atoms with E-state index >= 15 is 0 Å². The van der Waals surface area contributed by atoms with Gasteiger partial charge in [-0.05, 0) is 115 Å². The number of ether oxygens (including phenoxy) is 1. The zero-order valence-corrected chi connectivity index (χ0v) is 52.7. The highest BCUT2D eigenvalue weighted by atomic mass is 31.2. The Morgan fingerprint density at radius 2 is 0.810 bits per heavy atom. The highest BCUT2D eigenvalue weighted by Crippen LogP contribution is 2.43. The lowest BCUT2D eigenvalue weighted by atomic mass is 10.0. The Balaban J connectivity index is 5.24. The van der Waals surface area contributed by atoms with Gasteiger partial charge in [0.1, 0.15) is 19.3 Å². The summed E-state index contributed by atoms with van der Waals surface area (Å²) >= 11 is 0. The van der Waals surface area contributed by atoms with E-state index in [1.165, 1.54) is 103 Å². The molecule has 0 aromatic rings. The fraction of sp³-hybridized carbons (Fsp3) is 0.710. The molecule has 0 aliphatic heterocycles. The van der Waals surface area contributed by atoms with Gasteiger partial charge in [-0.1, -0.05) is 246 Å². The van der Waals surface area contributed by atoms with Gasteiger partial charge in [-0.15, -0.1) is 0 Å². The third-order valence-electron chi connectivity index (χ3n) is 13.7. The summed E-state index contributed by atoms with van der Waals surface area (Å²) in [5, 5.41) is 3.05. The van der Waals surface area contributed by atoms with Crippen molar-refractivity contribution >= 4 is 19.7 Å². The zero-order chi connectivity index (χ0) is 57.9. The van der Waals surface area contributed by atoms with Crippen molar-refractivity contribution in [3.63, 3.8) is 0 Å². The van der Waals surface area contributed by atoms with Crippen LogP contribution in [0.3, 0.4) is 0 Å². The van der Waals surface area contributed by atoms with E-state index in [1.807, 2.05) is 33.3 Å². The van der Waals surface area contributed by atoms with Crippen molar-refractivity contribution in [2.24, 2.45) is 0 Å². The Kier molecular flexibility index (Phi) is 55.4. The van der Waals surface area contributed by atoms with E-state index in [0.29, 0.717) is 23.9 Å². The van der Waals surface area contributed by atoms with Crippen molar-refractivity contribution < 1.29 is 37.3 Å². The van der Waals surface area contributed by atoms with Gasteiger partial charge in [-0.3, -0.25) is 18.6 Å². The number of likely N-dealkylation sites (N-methyl/N-ethyl adjacent to an activating group) is 1. The Bertz CT molecular complexity index is 1720. The van der Waals surface area contributed by atoms with E-state index < -0.39 is 20.0 Å². The summed E-state index contributed by atoms with van der Waals surface area (Å²) in [4.78, 5) is 37.7. The first-order valence-corrected chi connectivity index (χ1v) is 33.7. The van der Waals surface area contributed by atoms with Crippen LogP contribution in [0.25, 0.3) is 0 Å². The summed E-state index contributed by atoms with van der Waals surface area (Å²) in [6.07, 6.45) is 79.4. The van der Waals surface area contributed by atoms with Crippen molar-refractivity contribution in [2.75, 3.05) is 40.9 Å². The molecular weight excluding hydrogens is 1000 g/mol. The lowest BCUT2D eigenvalue weighted by Crippen LogP contribution is -2.47. The molecule has 10 heteroatoms. The summed E-state index contributed by atoms with van der Waals surface area (Å²) in [6.45, 7) is 6.84. The molecular formula is C69H122N2O7P+. The van der Waals surface area contributed by atoms with Crippen LogP contribution < -0.4 is 5.32 Å². The molecule has 2 N–H and O–H groups in total. The lowest BCUT2D eigenvalue weighted by molar-refractivity contribution is -0.870. The number of hydrogen-bond donors (Lipinski definition) is 2. The number of phosphoric acid groups is 1. The fourth-order valence-electron chi connectivity index (χ4n) is 8.74. The zero-order valence-electron chi connectivity index (χ0n) is 51.8. The highest BCUT2D eigenvalue weighted by Gasteiger charge is 2.30. The van der Waals surface area contributed by atoms with E-state index in [9.17, 15) is 19.0 Å². The molecule has 0 saturated carbocycles. The molecule has 0 aliphatic rings. The molecule has 0 aromatic carbocycles. The Labute approximate surface area is 487 Å². The summed E-state index contributed by atoms with van der Waals surface area (Å²) < 4.78 is 30.7. The SMILES string of the molecule is CC/C=C\C/C=C\C/C=C\C/C=C\C/C=C\C/C=C\CCCCCCC(=O)OC(/C=C/CCCCCCCCCCC)C(COP(=O)(O)OCC[N+](C)(C)C)NC(=O)CCCCCCCCCCC/C=C\C/C=C\CCCCC. The third-order valence-corrected chi connectivity index (χ3v) is 14.7. The number of allylic oxidation sites excluding steroid dienone is 17. The third kappa shape index (κ3) is 59.1. The summed E-state index contributed by atoms with van der Waals surface area (Å²) in [6, 6.07) is -0.868. The normalized spacial score (nSPS) is 14.4. The first-order valence-electron chi connectivity index (χ1n) is 32.2. The number of phosphoric ester groups is 1. The van der Waals surface area contributed by atoms with Gasteiger partial charge in [-0.25, -0.2) is 4.57 Å². The number of esters is 1. The number of nitrogens with zero attached hydrogens (tertiary/aromatic N) is 1. The van der Waals surface area contributed by atoms with Crippen LogP contribution in [-0.4, -0.2) is 74.3 Å². The second kappa shape index (κ2) is 57.9. The van der Waals surface area contributed by atoms with E-state index in [2.05, 4.69) is 123 Å². The molecule has 0 aliphatic carbocycles. The first-order chi connectivity index (χ1) is 38.4. The second-order valence-corrected chi connectivity index (χ2v) is 24.0. The molecule has 0 fully saturated rings. The van der Waals surface area contributed by atoms with Gasteiger partial charge in [0, 0.05) is 12.8 Å². The van der Waals surface area contributed by atoms with E-state index in [0.717, 1.165) is 122 Å². The summed E-state index contributed by atoms with van der Waals surface area (Å²) in [5.41, 5.74) is 0. The Morgan fingerprint density at radius 3 is 1.24 bits per heavy atom. The predicted octanol–water partition coefficient (Wildman–Crippen LogP) is 20.1.